The lowest BCUT2D eigenvalue weighted by molar-refractivity contribution is 0.0178. The monoisotopic (exact) mass is 574 g/mol. The average molecular weight is 575 g/mol. The fourth-order valence-corrected chi connectivity index (χ4v) is 7.60. The van der Waals surface area contributed by atoms with Crippen molar-refractivity contribution in [1.29, 1.82) is 0 Å². The molecule has 7 nitrogen and oxygen atoms in total. The van der Waals surface area contributed by atoms with Gasteiger partial charge in [0.05, 0.1) is 22.7 Å². The molecule has 5 rings (SSSR count). The van der Waals surface area contributed by atoms with Gasteiger partial charge in [0, 0.05) is 38.7 Å². The van der Waals surface area contributed by atoms with Crippen molar-refractivity contribution in [3.05, 3.63) is 59.7 Å². The number of anilines is 1. The number of amides is 2. The van der Waals surface area contributed by atoms with Crippen molar-refractivity contribution in [3.63, 3.8) is 0 Å². The van der Waals surface area contributed by atoms with Gasteiger partial charge in [-0.25, -0.2) is 26.3 Å². The number of halogens is 2. The molecular weight excluding hydrogens is 534 g/mol. The van der Waals surface area contributed by atoms with Crippen LogP contribution < -0.4 is 10.2 Å². The van der Waals surface area contributed by atoms with Crippen LogP contribution in [0.25, 0.3) is 0 Å². The third-order valence-corrected chi connectivity index (χ3v) is 11.3. The molecule has 2 aromatic rings. The molecule has 1 saturated heterocycles. The molecule has 0 atom stereocenters. The van der Waals surface area contributed by atoms with E-state index in [4.69, 9.17) is 0 Å². The highest BCUT2D eigenvalue weighted by Crippen LogP contribution is 2.49. The summed E-state index contributed by atoms with van der Waals surface area (Å²) in [5.41, 5.74) is 0.156. The Hall–Kier alpha value is -2.56. The zero-order valence-electron chi connectivity index (χ0n) is 23.8. The van der Waals surface area contributed by atoms with Gasteiger partial charge in [0.1, 0.15) is 0 Å². The van der Waals surface area contributed by atoms with E-state index in [1.54, 1.807) is 0 Å². The van der Waals surface area contributed by atoms with Crippen LogP contribution >= 0.6 is 0 Å². The van der Waals surface area contributed by atoms with Gasteiger partial charge < -0.3 is 10.2 Å². The van der Waals surface area contributed by atoms with Crippen LogP contribution in [0.1, 0.15) is 63.0 Å². The number of nitrogens with zero attached hydrogens (tertiary/aromatic N) is 3. The highest BCUT2D eigenvalue weighted by atomic mass is 32.2. The fourth-order valence-electron chi connectivity index (χ4n) is 6.67. The Kier molecular flexibility index (Phi) is 7.50. The van der Waals surface area contributed by atoms with Crippen LogP contribution in [0.3, 0.4) is 0 Å². The largest absolute Gasteiger partial charge is 0.325 e. The predicted molar refractivity (Wildman–Crippen MR) is 152 cm³/mol. The van der Waals surface area contributed by atoms with Crippen molar-refractivity contribution in [2.24, 2.45) is 5.92 Å². The maximum atomic E-state index is 15.0. The summed E-state index contributed by atoms with van der Waals surface area (Å²) in [7, 11) is 0.776. The Labute approximate surface area is 236 Å². The topological polar surface area (TPSA) is 73.0 Å². The van der Waals surface area contributed by atoms with Crippen molar-refractivity contribution in [3.8, 4) is 0 Å². The number of nitrogens with one attached hydrogen (secondary N) is 1. The van der Waals surface area contributed by atoms with Gasteiger partial charge in [-0.05, 0) is 75.3 Å². The molecule has 2 aromatic carbocycles. The summed E-state index contributed by atoms with van der Waals surface area (Å²) in [4.78, 5) is 17.3. The van der Waals surface area contributed by atoms with E-state index in [0.29, 0.717) is 19.0 Å². The molecule has 3 aliphatic rings. The lowest BCUT2D eigenvalue weighted by Crippen LogP contribution is -2.56. The van der Waals surface area contributed by atoms with E-state index in [9.17, 15) is 13.2 Å². The number of alkyl halides is 2. The molecule has 1 heterocycles. The van der Waals surface area contributed by atoms with Crippen LogP contribution in [0.4, 0.5) is 19.3 Å². The van der Waals surface area contributed by atoms with Crippen molar-refractivity contribution in [1.82, 2.24) is 14.5 Å². The van der Waals surface area contributed by atoms with Gasteiger partial charge in [0.15, 0.2) is 0 Å². The van der Waals surface area contributed by atoms with Gasteiger partial charge in [-0.2, -0.15) is 0 Å². The number of carbonyl (C=O) groups excluding carboxylic acids is 1. The summed E-state index contributed by atoms with van der Waals surface area (Å²) in [6.45, 7) is 1.68. The SMILES string of the molecule is CNC1(c2ccccc2)CCC2(CC1)CN(c1ccc(S(=O)(=O)N(C)C)cc1C(C)(F)F)C(=O)N2CC1CCC1. The summed E-state index contributed by atoms with van der Waals surface area (Å²) < 4.78 is 56.6. The highest BCUT2D eigenvalue weighted by Gasteiger charge is 2.55. The first-order chi connectivity index (χ1) is 18.8. The third-order valence-electron chi connectivity index (χ3n) is 9.50. The molecule has 0 unspecified atom stereocenters. The molecule has 1 N–H and O–H groups in total. The molecular formula is C30H40F2N4O3S. The van der Waals surface area contributed by atoms with E-state index in [1.807, 2.05) is 30.1 Å². The number of urea groups is 1. The molecule has 0 radical (unpaired) electrons. The summed E-state index contributed by atoms with van der Waals surface area (Å²) in [5, 5.41) is 3.55. The first kappa shape index (κ1) is 29.0. The van der Waals surface area contributed by atoms with Gasteiger partial charge >= 0.3 is 6.03 Å². The molecule has 2 amide bonds. The molecule has 10 heteroatoms. The molecule has 0 bridgehead atoms. The second-order valence-electron chi connectivity index (χ2n) is 12.1. The molecule has 1 aliphatic heterocycles. The van der Waals surface area contributed by atoms with E-state index < -0.39 is 27.0 Å². The quantitative estimate of drug-likeness (QED) is 0.451. The molecule has 1 spiro atoms. The van der Waals surface area contributed by atoms with Crippen LogP contribution in [0.15, 0.2) is 53.4 Å². The van der Waals surface area contributed by atoms with E-state index in [2.05, 4.69) is 17.4 Å². The Morgan fingerprint density at radius 3 is 2.23 bits per heavy atom. The zero-order chi connectivity index (χ0) is 28.9. The number of carbonyl (C=O) groups is 1. The average Bonchev–Trinajstić information content (AvgIpc) is 3.17. The van der Waals surface area contributed by atoms with E-state index in [0.717, 1.165) is 62.2 Å². The minimum atomic E-state index is -3.93. The first-order valence-corrected chi connectivity index (χ1v) is 15.6. The smallest absolute Gasteiger partial charge is 0.317 e. The summed E-state index contributed by atoms with van der Waals surface area (Å²) in [6.07, 6.45) is 6.39. The first-order valence-electron chi connectivity index (χ1n) is 14.1. The van der Waals surface area contributed by atoms with Crippen molar-refractivity contribution >= 4 is 21.7 Å². The van der Waals surface area contributed by atoms with Crippen LogP contribution in [0.2, 0.25) is 0 Å². The van der Waals surface area contributed by atoms with Gasteiger partial charge in [-0.1, -0.05) is 36.8 Å². The van der Waals surface area contributed by atoms with Crippen LogP contribution in [-0.2, 0) is 21.5 Å². The molecule has 2 saturated carbocycles. The molecule has 218 valence electrons. The molecule has 2 aliphatic carbocycles. The van der Waals surface area contributed by atoms with E-state index in [1.165, 1.54) is 36.7 Å². The lowest BCUT2D eigenvalue weighted by Gasteiger charge is -2.49. The van der Waals surface area contributed by atoms with Gasteiger partial charge in [-0.3, -0.25) is 4.90 Å². The van der Waals surface area contributed by atoms with E-state index in [-0.39, 0.29) is 22.2 Å². The lowest BCUT2D eigenvalue weighted by atomic mass is 9.68. The third kappa shape index (κ3) is 4.92. The summed E-state index contributed by atoms with van der Waals surface area (Å²) in [6, 6.07) is 13.8. The number of sulfonamides is 1. The van der Waals surface area contributed by atoms with Gasteiger partial charge in [0.25, 0.3) is 5.92 Å². The molecule has 40 heavy (non-hydrogen) atoms. The fraction of sp³-hybridized carbons (Fsp3) is 0.567. The zero-order valence-corrected chi connectivity index (χ0v) is 24.6. The number of hydrogen-bond donors (Lipinski definition) is 1. The summed E-state index contributed by atoms with van der Waals surface area (Å²) >= 11 is 0. The van der Waals surface area contributed by atoms with Gasteiger partial charge in [0.2, 0.25) is 10.0 Å². The highest BCUT2D eigenvalue weighted by molar-refractivity contribution is 7.89. The Morgan fingerprint density at radius 1 is 1.05 bits per heavy atom. The van der Waals surface area contributed by atoms with Crippen LogP contribution in [0.5, 0.6) is 0 Å². The number of rotatable bonds is 8. The summed E-state index contributed by atoms with van der Waals surface area (Å²) in [5.74, 6) is -2.92. The Bertz CT molecular complexity index is 1350. The van der Waals surface area contributed by atoms with Crippen molar-refractivity contribution in [2.75, 3.05) is 39.1 Å². The Balaban J connectivity index is 1.52. The minimum absolute atomic E-state index is 0.0826. The minimum Gasteiger partial charge on any atom is -0.317 e. The predicted octanol–water partition coefficient (Wildman–Crippen LogP) is 5.52. The Morgan fingerprint density at radius 2 is 1.70 bits per heavy atom. The van der Waals surface area contributed by atoms with Crippen molar-refractivity contribution < 1.29 is 22.0 Å². The normalized spacial score (nSPS) is 26.1. The number of benzene rings is 2. The standard InChI is InChI=1S/C30H40F2N4O3S/c1-28(31,32)25-19-24(40(38,39)34(3)4)13-14-26(25)35-21-29(36(27(35)37)20-22-9-8-10-22)15-17-30(33-2,18-16-29)23-11-6-5-7-12-23/h5-7,11-14,19,22,33H,8-10,15-18,20-21H2,1-4H3. The van der Waals surface area contributed by atoms with Crippen molar-refractivity contribution in [2.45, 2.75) is 73.8 Å². The van der Waals surface area contributed by atoms with Crippen LogP contribution in [0, 0.1) is 5.92 Å². The second kappa shape index (κ2) is 10.4. The van der Waals surface area contributed by atoms with Gasteiger partial charge in [-0.15, -0.1) is 0 Å². The van der Waals surface area contributed by atoms with Crippen LogP contribution in [-0.4, -0.2) is 63.4 Å². The molecule has 3 fully saturated rings. The van der Waals surface area contributed by atoms with E-state index >= 15 is 8.78 Å². The maximum absolute atomic E-state index is 15.0. The number of hydrogen-bond acceptors (Lipinski definition) is 4. The maximum Gasteiger partial charge on any atom is 0.325 e. The second-order valence-corrected chi connectivity index (χ2v) is 14.2. The molecule has 0 aromatic heterocycles.